The molecule has 0 atom stereocenters. The summed E-state index contributed by atoms with van der Waals surface area (Å²) in [6.07, 6.45) is 3.26. The Labute approximate surface area is 172 Å². The van der Waals surface area contributed by atoms with Gasteiger partial charge < -0.3 is 14.2 Å². The van der Waals surface area contributed by atoms with Gasteiger partial charge in [-0.05, 0) is 48.9 Å². The fourth-order valence-corrected chi connectivity index (χ4v) is 2.99. The second kappa shape index (κ2) is 8.95. The zero-order valence-electron chi connectivity index (χ0n) is 15.1. The first-order valence-electron chi connectivity index (χ1n) is 8.50. The highest BCUT2D eigenvalue weighted by Crippen LogP contribution is 2.31. The first-order valence-corrected chi connectivity index (χ1v) is 9.26. The number of hydrogen-bond acceptors (Lipinski definition) is 5. The Kier molecular flexibility index (Phi) is 6.39. The number of rotatable bonds is 7. The molecule has 0 aromatic heterocycles. The number of nitrogens with zero attached hydrogens (tertiary/aromatic N) is 1. The third kappa shape index (κ3) is 4.55. The molecule has 1 aliphatic rings. The Morgan fingerprint density at radius 3 is 2.68 bits per heavy atom. The van der Waals surface area contributed by atoms with E-state index in [1.807, 2.05) is 6.92 Å². The van der Waals surface area contributed by atoms with E-state index in [1.165, 1.54) is 0 Å². The van der Waals surface area contributed by atoms with Crippen LogP contribution < -0.4 is 9.47 Å². The highest BCUT2D eigenvalue weighted by Gasteiger charge is 2.25. The van der Waals surface area contributed by atoms with Gasteiger partial charge in [-0.2, -0.15) is 0 Å². The van der Waals surface area contributed by atoms with Crippen molar-refractivity contribution in [2.45, 2.75) is 6.92 Å². The normalized spacial score (nSPS) is 14.6. The maximum Gasteiger partial charge on any atom is 0.363 e. The summed E-state index contributed by atoms with van der Waals surface area (Å²) < 4.78 is 16.4. The zero-order valence-corrected chi connectivity index (χ0v) is 16.6. The van der Waals surface area contributed by atoms with Gasteiger partial charge in [0.05, 0.1) is 17.2 Å². The van der Waals surface area contributed by atoms with Gasteiger partial charge in [0, 0.05) is 5.02 Å². The number of carbonyl (C=O) groups is 1. The molecule has 0 saturated carbocycles. The van der Waals surface area contributed by atoms with E-state index in [9.17, 15) is 4.79 Å². The van der Waals surface area contributed by atoms with Gasteiger partial charge >= 0.3 is 5.97 Å². The predicted octanol–water partition coefficient (Wildman–Crippen LogP) is 5.30. The van der Waals surface area contributed by atoms with Crippen molar-refractivity contribution in [3.05, 3.63) is 75.9 Å². The van der Waals surface area contributed by atoms with E-state index in [4.69, 9.17) is 37.4 Å². The Balaban J connectivity index is 1.91. The molecule has 144 valence electrons. The van der Waals surface area contributed by atoms with Gasteiger partial charge in [0.15, 0.2) is 17.2 Å². The van der Waals surface area contributed by atoms with Crippen molar-refractivity contribution >= 4 is 41.1 Å². The lowest BCUT2D eigenvalue weighted by molar-refractivity contribution is -0.129. The molecule has 1 heterocycles. The summed E-state index contributed by atoms with van der Waals surface area (Å²) in [5, 5.41) is 0.833. The van der Waals surface area contributed by atoms with Crippen LogP contribution in [0.15, 0.2) is 59.7 Å². The van der Waals surface area contributed by atoms with Crippen molar-refractivity contribution in [1.29, 1.82) is 0 Å². The lowest BCUT2D eigenvalue weighted by Crippen LogP contribution is -2.05. The van der Waals surface area contributed by atoms with E-state index in [0.29, 0.717) is 45.9 Å². The van der Waals surface area contributed by atoms with Crippen molar-refractivity contribution in [3.8, 4) is 11.5 Å². The van der Waals surface area contributed by atoms with Crippen LogP contribution in [0.25, 0.3) is 6.08 Å². The number of esters is 1. The van der Waals surface area contributed by atoms with Crippen LogP contribution in [-0.4, -0.2) is 25.1 Å². The summed E-state index contributed by atoms with van der Waals surface area (Å²) in [7, 11) is 0. The van der Waals surface area contributed by atoms with E-state index in [-0.39, 0.29) is 11.6 Å². The van der Waals surface area contributed by atoms with Crippen LogP contribution in [0.1, 0.15) is 18.1 Å². The molecule has 0 N–H and O–H groups in total. The minimum Gasteiger partial charge on any atom is -0.490 e. The van der Waals surface area contributed by atoms with E-state index >= 15 is 0 Å². The molecule has 0 fully saturated rings. The van der Waals surface area contributed by atoms with E-state index in [1.54, 1.807) is 48.6 Å². The molecule has 0 spiro atoms. The molecule has 2 aromatic rings. The fraction of sp³-hybridized carbons (Fsp3) is 0.143. The summed E-state index contributed by atoms with van der Waals surface area (Å²) in [5.74, 6) is 0.727. The molecule has 3 rings (SSSR count). The lowest BCUT2D eigenvalue weighted by Gasteiger charge is -2.11. The number of ether oxygens (including phenoxy) is 3. The summed E-state index contributed by atoms with van der Waals surface area (Å²) >= 11 is 12.1. The molecule has 0 unspecified atom stereocenters. The minimum atomic E-state index is -0.564. The Morgan fingerprint density at radius 2 is 1.96 bits per heavy atom. The van der Waals surface area contributed by atoms with Crippen LogP contribution in [-0.2, 0) is 9.53 Å². The van der Waals surface area contributed by atoms with Crippen molar-refractivity contribution in [2.24, 2.45) is 4.99 Å². The number of aliphatic imine (C=N–C) groups is 1. The summed E-state index contributed by atoms with van der Waals surface area (Å²) in [6, 6.07) is 10.2. The number of hydrogen-bond donors (Lipinski definition) is 0. The molecule has 0 saturated heterocycles. The monoisotopic (exact) mass is 417 g/mol. The third-order valence-electron chi connectivity index (χ3n) is 3.71. The second-order valence-electron chi connectivity index (χ2n) is 5.70. The van der Waals surface area contributed by atoms with Gasteiger partial charge in [0.25, 0.3) is 0 Å². The van der Waals surface area contributed by atoms with E-state index in [0.717, 1.165) is 0 Å². The Hall–Kier alpha value is -2.76. The fourth-order valence-electron chi connectivity index (χ4n) is 2.50. The molecule has 0 radical (unpaired) electrons. The standard InChI is InChI=1S/C21H17Cl2NO4/c1-3-9-27-18-8-5-13(11-19(18)26-4-2)10-17-21(25)28-20(24-17)15-7-6-14(22)12-16(15)23/h3,5-8,10-12H,1,4,9H2,2H3/b17-10-. The van der Waals surface area contributed by atoms with E-state index in [2.05, 4.69) is 11.6 Å². The maximum atomic E-state index is 12.2. The van der Waals surface area contributed by atoms with Crippen LogP contribution in [0.4, 0.5) is 0 Å². The van der Waals surface area contributed by atoms with Crippen molar-refractivity contribution < 1.29 is 19.0 Å². The first-order chi connectivity index (χ1) is 13.5. The molecule has 0 bridgehead atoms. The number of halogens is 2. The number of cyclic esters (lactones) is 1. The largest absolute Gasteiger partial charge is 0.490 e. The maximum absolute atomic E-state index is 12.2. The van der Waals surface area contributed by atoms with Gasteiger partial charge in [0.1, 0.15) is 6.61 Å². The average molecular weight is 418 g/mol. The summed E-state index contributed by atoms with van der Waals surface area (Å²) in [4.78, 5) is 16.5. The van der Waals surface area contributed by atoms with Crippen LogP contribution in [0.3, 0.4) is 0 Å². The summed E-state index contributed by atoms with van der Waals surface area (Å²) in [6.45, 7) is 6.35. The molecule has 7 heteroatoms. The van der Waals surface area contributed by atoms with Crippen molar-refractivity contribution in [1.82, 2.24) is 0 Å². The molecule has 1 aliphatic heterocycles. The highest BCUT2D eigenvalue weighted by atomic mass is 35.5. The topological polar surface area (TPSA) is 57.1 Å². The van der Waals surface area contributed by atoms with Gasteiger partial charge in [0.2, 0.25) is 5.90 Å². The van der Waals surface area contributed by atoms with Crippen LogP contribution in [0.5, 0.6) is 11.5 Å². The highest BCUT2D eigenvalue weighted by molar-refractivity contribution is 6.37. The van der Waals surface area contributed by atoms with Crippen molar-refractivity contribution in [3.63, 3.8) is 0 Å². The molecule has 0 aliphatic carbocycles. The van der Waals surface area contributed by atoms with Gasteiger partial charge in [-0.15, -0.1) is 0 Å². The molecule has 0 amide bonds. The Morgan fingerprint density at radius 1 is 1.14 bits per heavy atom. The van der Waals surface area contributed by atoms with Crippen LogP contribution in [0, 0.1) is 0 Å². The lowest BCUT2D eigenvalue weighted by atomic mass is 10.1. The predicted molar refractivity (Wildman–Crippen MR) is 110 cm³/mol. The molecular formula is C21H17Cl2NO4. The molecular weight excluding hydrogens is 401 g/mol. The first kappa shape index (κ1) is 20.0. The molecule has 2 aromatic carbocycles. The number of carbonyl (C=O) groups excluding carboxylic acids is 1. The SMILES string of the molecule is C=CCOc1ccc(/C=C2\N=C(c3ccc(Cl)cc3Cl)OC2=O)cc1OCC. The van der Waals surface area contributed by atoms with Gasteiger partial charge in [-0.1, -0.05) is 41.9 Å². The summed E-state index contributed by atoms with van der Waals surface area (Å²) in [5.41, 5.74) is 1.36. The molecule has 28 heavy (non-hydrogen) atoms. The minimum absolute atomic E-state index is 0.133. The van der Waals surface area contributed by atoms with Crippen LogP contribution in [0.2, 0.25) is 10.0 Å². The molecule has 5 nitrogen and oxygen atoms in total. The van der Waals surface area contributed by atoms with Gasteiger partial charge in [-0.3, -0.25) is 0 Å². The number of benzene rings is 2. The third-order valence-corrected chi connectivity index (χ3v) is 4.26. The average Bonchev–Trinajstić information content (AvgIpc) is 3.01. The second-order valence-corrected chi connectivity index (χ2v) is 6.54. The van der Waals surface area contributed by atoms with Crippen molar-refractivity contribution in [2.75, 3.05) is 13.2 Å². The quantitative estimate of drug-likeness (QED) is 0.348. The Bertz CT molecular complexity index is 982. The zero-order chi connectivity index (χ0) is 20.1. The van der Waals surface area contributed by atoms with Crippen LogP contribution >= 0.6 is 23.2 Å². The van der Waals surface area contributed by atoms with E-state index < -0.39 is 5.97 Å². The smallest absolute Gasteiger partial charge is 0.363 e. The van der Waals surface area contributed by atoms with Gasteiger partial charge in [-0.25, -0.2) is 9.79 Å².